The van der Waals surface area contributed by atoms with E-state index >= 15 is 0 Å². The Bertz CT molecular complexity index is 1200. The Kier molecular flexibility index (Phi) is 7.40. The molecule has 3 N–H and O–H groups in total. The third-order valence-corrected chi connectivity index (χ3v) is 6.04. The van der Waals surface area contributed by atoms with Crippen molar-refractivity contribution in [1.29, 1.82) is 0 Å². The molecule has 8 heteroatoms. The summed E-state index contributed by atoms with van der Waals surface area (Å²) in [5.41, 5.74) is 5.21. The first kappa shape index (κ1) is 23.9. The number of benzene rings is 2. The summed E-state index contributed by atoms with van der Waals surface area (Å²) in [5.74, 6) is -1.27. The van der Waals surface area contributed by atoms with Gasteiger partial charge in [0.15, 0.2) is 0 Å². The third-order valence-electron chi connectivity index (χ3n) is 6.04. The maximum Gasteiger partial charge on any atom is 0.407 e. The number of fused-ring (bicyclic) bond motifs is 3. The molecular formula is C27H27N3O5. The number of alkyl carbamates (subject to hydrolysis) is 1. The van der Waals surface area contributed by atoms with Gasteiger partial charge in [-0.2, -0.15) is 0 Å². The smallest absolute Gasteiger partial charge is 0.407 e. The average molecular weight is 474 g/mol. The molecule has 0 aliphatic heterocycles. The molecule has 0 radical (unpaired) electrons. The summed E-state index contributed by atoms with van der Waals surface area (Å²) in [6.07, 6.45) is 1.50. The summed E-state index contributed by atoms with van der Waals surface area (Å²) in [7, 11) is 0. The van der Waals surface area contributed by atoms with Crippen molar-refractivity contribution in [3.05, 3.63) is 89.2 Å². The molecule has 1 aliphatic rings. The first-order valence-corrected chi connectivity index (χ1v) is 11.5. The second kappa shape index (κ2) is 10.8. The SMILES string of the molecule is CC(CCC(=O)NCc1cc(C(=O)O)ccn1)NC(=O)OCC1c2ccccc2-c2ccccc21. The molecule has 2 amide bonds. The van der Waals surface area contributed by atoms with Gasteiger partial charge >= 0.3 is 12.1 Å². The summed E-state index contributed by atoms with van der Waals surface area (Å²) >= 11 is 0. The molecule has 0 fully saturated rings. The van der Waals surface area contributed by atoms with E-state index in [1.165, 1.54) is 29.5 Å². The molecule has 1 atom stereocenters. The molecule has 2 aromatic carbocycles. The molecule has 0 saturated carbocycles. The molecule has 35 heavy (non-hydrogen) atoms. The van der Waals surface area contributed by atoms with Crippen molar-refractivity contribution < 1.29 is 24.2 Å². The number of carbonyl (C=O) groups is 3. The zero-order chi connectivity index (χ0) is 24.8. The van der Waals surface area contributed by atoms with Crippen molar-refractivity contribution in [2.24, 2.45) is 0 Å². The number of rotatable bonds is 9. The molecule has 1 unspecified atom stereocenters. The maximum atomic E-state index is 12.4. The van der Waals surface area contributed by atoms with E-state index in [1.54, 1.807) is 0 Å². The highest BCUT2D eigenvalue weighted by atomic mass is 16.5. The Morgan fingerprint density at radius 1 is 1.03 bits per heavy atom. The molecular weight excluding hydrogens is 446 g/mol. The monoisotopic (exact) mass is 473 g/mol. The Balaban J connectivity index is 1.21. The van der Waals surface area contributed by atoms with Crippen LogP contribution in [0.4, 0.5) is 4.79 Å². The Morgan fingerprint density at radius 3 is 2.34 bits per heavy atom. The van der Waals surface area contributed by atoms with Gasteiger partial charge in [0.25, 0.3) is 0 Å². The van der Waals surface area contributed by atoms with Crippen LogP contribution in [0.15, 0.2) is 66.9 Å². The molecule has 180 valence electrons. The van der Waals surface area contributed by atoms with Crippen molar-refractivity contribution in [2.75, 3.05) is 6.61 Å². The van der Waals surface area contributed by atoms with Crippen molar-refractivity contribution in [1.82, 2.24) is 15.6 Å². The van der Waals surface area contributed by atoms with Crippen LogP contribution in [-0.4, -0.2) is 40.7 Å². The number of aromatic nitrogens is 1. The summed E-state index contributed by atoms with van der Waals surface area (Å²) < 4.78 is 5.55. The van der Waals surface area contributed by atoms with Crippen molar-refractivity contribution in [2.45, 2.75) is 38.3 Å². The fraction of sp³-hybridized carbons (Fsp3) is 0.259. The van der Waals surface area contributed by atoms with Crippen LogP contribution >= 0.6 is 0 Å². The number of nitrogens with zero attached hydrogens (tertiary/aromatic N) is 1. The second-order valence-electron chi connectivity index (χ2n) is 8.53. The fourth-order valence-corrected chi connectivity index (χ4v) is 4.25. The van der Waals surface area contributed by atoms with E-state index in [2.05, 4.69) is 39.9 Å². The zero-order valence-corrected chi connectivity index (χ0v) is 19.4. The molecule has 0 spiro atoms. The summed E-state index contributed by atoms with van der Waals surface area (Å²) in [6, 6.07) is 18.8. The van der Waals surface area contributed by atoms with Crippen LogP contribution in [0.1, 0.15) is 52.9 Å². The normalized spacial score (nSPS) is 12.8. The van der Waals surface area contributed by atoms with Gasteiger partial charge in [0, 0.05) is 24.6 Å². The van der Waals surface area contributed by atoms with Gasteiger partial charge in [-0.1, -0.05) is 48.5 Å². The lowest BCUT2D eigenvalue weighted by Gasteiger charge is -2.17. The number of ether oxygens (including phenoxy) is 1. The number of amides is 2. The Hall–Kier alpha value is -4.20. The van der Waals surface area contributed by atoms with E-state index in [-0.39, 0.29) is 43.0 Å². The number of hydrogen-bond acceptors (Lipinski definition) is 5. The molecule has 1 aromatic heterocycles. The standard InChI is InChI=1S/C27H27N3O5/c1-17(10-11-25(31)29-15-19-14-18(26(32)33)12-13-28-19)30-27(34)35-16-24-22-8-4-2-6-20(22)21-7-3-5-9-23(21)24/h2-9,12-14,17,24H,10-11,15-16H2,1H3,(H,29,31)(H,30,34)(H,32,33). The van der Waals surface area contributed by atoms with E-state index in [0.717, 1.165) is 11.1 Å². The maximum absolute atomic E-state index is 12.4. The highest BCUT2D eigenvalue weighted by molar-refractivity contribution is 5.87. The van der Waals surface area contributed by atoms with Crippen LogP contribution in [0.25, 0.3) is 11.1 Å². The molecule has 3 aromatic rings. The Morgan fingerprint density at radius 2 is 1.69 bits per heavy atom. The van der Waals surface area contributed by atoms with Crippen LogP contribution in [0.5, 0.6) is 0 Å². The number of carboxylic acids is 1. The molecule has 0 saturated heterocycles. The van der Waals surface area contributed by atoms with Crippen LogP contribution in [0.3, 0.4) is 0 Å². The average Bonchev–Trinajstić information content (AvgIpc) is 3.19. The second-order valence-corrected chi connectivity index (χ2v) is 8.53. The topological polar surface area (TPSA) is 118 Å². The van der Waals surface area contributed by atoms with Gasteiger partial charge in [-0.3, -0.25) is 9.78 Å². The predicted molar refractivity (Wildman–Crippen MR) is 130 cm³/mol. The predicted octanol–water partition coefficient (Wildman–Crippen LogP) is 4.10. The lowest BCUT2D eigenvalue weighted by molar-refractivity contribution is -0.121. The first-order valence-electron chi connectivity index (χ1n) is 11.5. The van der Waals surface area contributed by atoms with Gasteiger partial charge in [0.05, 0.1) is 17.8 Å². The minimum Gasteiger partial charge on any atom is -0.478 e. The highest BCUT2D eigenvalue weighted by Gasteiger charge is 2.29. The highest BCUT2D eigenvalue weighted by Crippen LogP contribution is 2.44. The molecule has 1 heterocycles. The van der Waals surface area contributed by atoms with Crippen LogP contribution < -0.4 is 10.6 Å². The van der Waals surface area contributed by atoms with Crippen molar-refractivity contribution in [3.63, 3.8) is 0 Å². The molecule has 8 nitrogen and oxygen atoms in total. The first-order chi connectivity index (χ1) is 16.9. The lowest BCUT2D eigenvalue weighted by Crippen LogP contribution is -2.35. The number of nitrogens with one attached hydrogen (secondary N) is 2. The van der Waals surface area contributed by atoms with Crippen LogP contribution in [-0.2, 0) is 16.1 Å². The van der Waals surface area contributed by atoms with E-state index < -0.39 is 12.1 Å². The zero-order valence-electron chi connectivity index (χ0n) is 19.4. The van der Waals surface area contributed by atoms with Gasteiger partial charge in [0.1, 0.15) is 6.61 Å². The minimum absolute atomic E-state index is 0.0116. The van der Waals surface area contributed by atoms with Crippen molar-refractivity contribution >= 4 is 18.0 Å². The number of carbonyl (C=O) groups excluding carboxylic acids is 2. The number of hydrogen-bond donors (Lipinski definition) is 3. The number of carboxylic acid groups (broad SMARTS) is 1. The summed E-state index contributed by atoms with van der Waals surface area (Å²) in [4.78, 5) is 39.6. The van der Waals surface area contributed by atoms with Gasteiger partial charge in [-0.15, -0.1) is 0 Å². The summed E-state index contributed by atoms with van der Waals surface area (Å²) in [5, 5.41) is 14.5. The van der Waals surface area contributed by atoms with E-state index in [0.29, 0.717) is 12.1 Å². The minimum atomic E-state index is -1.05. The van der Waals surface area contributed by atoms with Gasteiger partial charge in [-0.05, 0) is 47.7 Å². The molecule has 4 rings (SSSR count). The third kappa shape index (κ3) is 5.84. The largest absolute Gasteiger partial charge is 0.478 e. The quantitative estimate of drug-likeness (QED) is 0.431. The number of aromatic carboxylic acids is 1. The fourth-order valence-electron chi connectivity index (χ4n) is 4.25. The van der Waals surface area contributed by atoms with E-state index in [1.807, 2.05) is 31.2 Å². The lowest BCUT2D eigenvalue weighted by atomic mass is 9.98. The molecule has 0 bridgehead atoms. The summed E-state index contributed by atoms with van der Waals surface area (Å²) in [6.45, 7) is 2.18. The van der Waals surface area contributed by atoms with Gasteiger partial charge < -0.3 is 20.5 Å². The van der Waals surface area contributed by atoms with Gasteiger partial charge in [0.2, 0.25) is 5.91 Å². The van der Waals surface area contributed by atoms with E-state index in [4.69, 9.17) is 9.84 Å². The Labute approximate surface area is 203 Å². The number of pyridine rings is 1. The van der Waals surface area contributed by atoms with E-state index in [9.17, 15) is 14.4 Å². The van der Waals surface area contributed by atoms with Crippen LogP contribution in [0.2, 0.25) is 0 Å². The van der Waals surface area contributed by atoms with Gasteiger partial charge in [-0.25, -0.2) is 9.59 Å². The van der Waals surface area contributed by atoms with Crippen LogP contribution in [0, 0.1) is 0 Å². The molecule has 1 aliphatic carbocycles. The van der Waals surface area contributed by atoms with Crippen molar-refractivity contribution in [3.8, 4) is 11.1 Å².